The van der Waals surface area contributed by atoms with Gasteiger partial charge in [0.15, 0.2) is 5.82 Å². The first-order valence-electron chi connectivity index (χ1n) is 5.77. The van der Waals surface area contributed by atoms with Crippen LogP contribution in [0.3, 0.4) is 0 Å². The first-order valence-corrected chi connectivity index (χ1v) is 5.77. The fraction of sp³-hybridized carbons (Fsp3) is 0. The monoisotopic (exact) mass is 254 g/mol. The molecule has 0 aliphatic heterocycles. The zero-order valence-corrected chi connectivity index (χ0v) is 9.97. The molecule has 4 nitrogen and oxygen atoms in total. The Bertz CT molecular complexity index is 706. The minimum atomic E-state index is -0.504. The van der Waals surface area contributed by atoms with Gasteiger partial charge in [-0.15, -0.1) is 0 Å². The van der Waals surface area contributed by atoms with Crippen LogP contribution >= 0.6 is 0 Å². The molecule has 0 saturated heterocycles. The van der Waals surface area contributed by atoms with Crippen molar-refractivity contribution < 1.29 is 4.39 Å². The highest BCUT2D eigenvalue weighted by Crippen LogP contribution is 2.24. The molecule has 19 heavy (non-hydrogen) atoms. The van der Waals surface area contributed by atoms with Gasteiger partial charge in [0.1, 0.15) is 5.69 Å². The SMILES string of the molecule is Nc1ncc(F)c(-c2ccc(-c3ccccc3)[nH]2)n1. The summed E-state index contributed by atoms with van der Waals surface area (Å²) in [4.78, 5) is 10.6. The van der Waals surface area contributed by atoms with Crippen LogP contribution in [0.1, 0.15) is 0 Å². The molecule has 1 aromatic carbocycles. The molecular weight excluding hydrogens is 243 g/mol. The second-order valence-corrected chi connectivity index (χ2v) is 4.08. The van der Waals surface area contributed by atoms with Crippen molar-refractivity contribution in [1.82, 2.24) is 15.0 Å². The second-order valence-electron chi connectivity index (χ2n) is 4.08. The van der Waals surface area contributed by atoms with E-state index >= 15 is 0 Å². The van der Waals surface area contributed by atoms with Crippen LogP contribution < -0.4 is 5.73 Å². The summed E-state index contributed by atoms with van der Waals surface area (Å²) in [7, 11) is 0. The van der Waals surface area contributed by atoms with Crippen molar-refractivity contribution in [2.45, 2.75) is 0 Å². The summed E-state index contributed by atoms with van der Waals surface area (Å²) in [5.74, 6) is -0.456. The molecule has 0 saturated carbocycles. The average Bonchev–Trinajstić information content (AvgIpc) is 2.92. The number of halogens is 1. The average molecular weight is 254 g/mol. The Labute approximate surface area is 109 Å². The summed E-state index contributed by atoms with van der Waals surface area (Å²) in [5, 5.41) is 0. The Balaban J connectivity index is 2.04. The molecule has 0 aliphatic rings. The highest BCUT2D eigenvalue weighted by Gasteiger charge is 2.10. The third kappa shape index (κ3) is 2.18. The number of nitrogens with zero attached hydrogens (tertiary/aromatic N) is 2. The molecular formula is C14H11FN4. The van der Waals surface area contributed by atoms with Gasteiger partial charge < -0.3 is 10.7 Å². The summed E-state index contributed by atoms with van der Waals surface area (Å²) in [5.41, 5.74) is 8.15. The van der Waals surface area contributed by atoms with Crippen LogP contribution in [0.5, 0.6) is 0 Å². The highest BCUT2D eigenvalue weighted by molar-refractivity contribution is 5.66. The predicted octanol–water partition coefficient (Wildman–Crippen LogP) is 2.86. The lowest BCUT2D eigenvalue weighted by molar-refractivity contribution is 0.618. The van der Waals surface area contributed by atoms with Gasteiger partial charge in [0.25, 0.3) is 0 Å². The minimum Gasteiger partial charge on any atom is -0.368 e. The molecule has 0 aliphatic carbocycles. The van der Waals surface area contributed by atoms with E-state index in [4.69, 9.17) is 5.73 Å². The maximum Gasteiger partial charge on any atom is 0.220 e. The molecule has 3 N–H and O–H groups in total. The molecule has 3 aromatic rings. The second kappa shape index (κ2) is 4.53. The number of aromatic amines is 1. The van der Waals surface area contributed by atoms with Gasteiger partial charge in [-0.2, -0.15) is 0 Å². The van der Waals surface area contributed by atoms with Crippen molar-refractivity contribution in [1.29, 1.82) is 0 Å². The van der Waals surface area contributed by atoms with Crippen LogP contribution in [0.2, 0.25) is 0 Å². The number of aromatic nitrogens is 3. The summed E-state index contributed by atoms with van der Waals surface area (Å²) < 4.78 is 13.7. The van der Waals surface area contributed by atoms with E-state index in [1.165, 1.54) is 0 Å². The molecule has 0 spiro atoms. The third-order valence-corrected chi connectivity index (χ3v) is 2.79. The number of H-pyrrole nitrogens is 1. The first kappa shape index (κ1) is 11.4. The topological polar surface area (TPSA) is 67.6 Å². The van der Waals surface area contributed by atoms with E-state index in [2.05, 4.69) is 15.0 Å². The largest absolute Gasteiger partial charge is 0.368 e. The summed E-state index contributed by atoms with van der Waals surface area (Å²) in [6.07, 6.45) is 1.07. The Morgan fingerprint density at radius 1 is 1.00 bits per heavy atom. The van der Waals surface area contributed by atoms with E-state index in [-0.39, 0.29) is 11.6 Å². The molecule has 0 bridgehead atoms. The van der Waals surface area contributed by atoms with Gasteiger partial charge in [-0.1, -0.05) is 30.3 Å². The van der Waals surface area contributed by atoms with Crippen LogP contribution in [0.15, 0.2) is 48.7 Å². The number of hydrogen-bond acceptors (Lipinski definition) is 3. The Morgan fingerprint density at radius 2 is 1.74 bits per heavy atom. The Hall–Kier alpha value is -2.69. The fourth-order valence-electron chi connectivity index (χ4n) is 1.89. The van der Waals surface area contributed by atoms with Gasteiger partial charge in [0.05, 0.1) is 11.9 Å². The van der Waals surface area contributed by atoms with Crippen molar-refractivity contribution in [3.05, 3.63) is 54.5 Å². The number of nitrogen functional groups attached to an aromatic ring is 1. The minimum absolute atomic E-state index is 0.0484. The smallest absolute Gasteiger partial charge is 0.220 e. The van der Waals surface area contributed by atoms with Crippen molar-refractivity contribution in [2.75, 3.05) is 5.73 Å². The van der Waals surface area contributed by atoms with Gasteiger partial charge in [-0.05, 0) is 17.7 Å². The van der Waals surface area contributed by atoms with Gasteiger partial charge in [0.2, 0.25) is 5.95 Å². The van der Waals surface area contributed by atoms with E-state index in [1.54, 1.807) is 6.07 Å². The zero-order chi connectivity index (χ0) is 13.2. The van der Waals surface area contributed by atoms with Gasteiger partial charge >= 0.3 is 0 Å². The maximum absolute atomic E-state index is 13.7. The lowest BCUT2D eigenvalue weighted by Gasteiger charge is -2.01. The molecule has 0 fully saturated rings. The summed E-state index contributed by atoms with van der Waals surface area (Å²) in [6, 6.07) is 13.4. The lowest BCUT2D eigenvalue weighted by Crippen LogP contribution is -1.98. The Morgan fingerprint density at radius 3 is 2.53 bits per heavy atom. The van der Waals surface area contributed by atoms with Crippen molar-refractivity contribution in [3.8, 4) is 22.6 Å². The molecule has 5 heteroatoms. The number of benzene rings is 1. The molecule has 0 amide bonds. The number of hydrogen-bond donors (Lipinski definition) is 2. The lowest BCUT2D eigenvalue weighted by atomic mass is 10.2. The molecule has 3 rings (SSSR count). The maximum atomic E-state index is 13.7. The Kier molecular flexibility index (Phi) is 2.72. The molecule has 2 heterocycles. The van der Waals surface area contributed by atoms with E-state index < -0.39 is 5.82 Å². The van der Waals surface area contributed by atoms with E-state index in [1.807, 2.05) is 36.4 Å². The van der Waals surface area contributed by atoms with Crippen molar-refractivity contribution >= 4 is 5.95 Å². The van der Waals surface area contributed by atoms with Gasteiger partial charge in [-0.3, -0.25) is 0 Å². The van der Waals surface area contributed by atoms with Crippen LogP contribution in [0, 0.1) is 5.82 Å². The van der Waals surface area contributed by atoms with E-state index in [0.29, 0.717) is 5.69 Å². The first-order chi connectivity index (χ1) is 9.24. The zero-order valence-electron chi connectivity index (χ0n) is 9.97. The third-order valence-electron chi connectivity index (χ3n) is 2.79. The van der Waals surface area contributed by atoms with E-state index in [9.17, 15) is 4.39 Å². The standard InChI is InChI=1S/C14H11FN4/c15-10-8-17-14(16)19-13(10)12-7-6-11(18-12)9-4-2-1-3-5-9/h1-8,18H,(H2,16,17,19). The number of rotatable bonds is 2. The molecule has 0 atom stereocenters. The van der Waals surface area contributed by atoms with Crippen molar-refractivity contribution in [2.24, 2.45) is 0 Å². The van der Waals surface area contributed by atoms with Crippen LogP contribution in [-0.4, -0.2) is 15.0 Å². The summed E-state index contributed by atoms with van der Waals surface area (Å²) >= 11 is 0. The molecule has 94 valence electrons. The van der Waals surface area contributed by atoms with E-state index in [0.717, 1.165) is 17.5 Å². The van der Waals surface area contributed by atoms with Gasteiger partial charge in [0, 0.05) is 5.69 Å². The van der Waals surface area contributed by atoms with Crippen LogP contribution in [0.25, 0.3) is 22.6 Å². The molecule has 2 aromatic heterocycles. The fourth-order valence-corrected chi connectivity index (χ4v) is 1.89. The molecule has 0 unspecified atom stereocenters. The van der Waals surface area contributed by atoms with Crippen LogP contribution in [-0.2, 0) is 0 Å². The number of nitrogens with two attached hydrogens (primary N) is 1. The number of anilines is 1. The van der Waals surface area contributed by atoms with Gasteiger partial charge in [-0.25, -0.2) is 14.4 Å². The van der Waals surface area contributed by atoms with Crippen LogP contribution in [0.4, 0.5) is 10.3 Å². The van der Waals surface area contributed by atoms with Crippen molar-refractivity contribution in [3.63, 3.8) is 0 Å². The molecule has 0 radical (unpaired) electrons. The summed E-state index contributed by atoms with van der Waals surface area (Å²) in [6.45, 7) is 0. The normalized spacial score (nSPS) is 10.6. The highest BCUT2D eigenvalue weighted by atomic mass is 19.1. The number of nitrogens with one attached hydrogen (secondary N) is 1. The quantitative estimate of drug-likeness (QED) is 0.738. The predicted molar refractivity (Wildman–Crippen MR) is 71.6 cm³/mol.